The Kier molecular flexibility index (Phi) is 4.88. The molecule has 140 valence electrons. The Morgan fingerprint density at radius 1 is 0.821 bits per heavy atom. The van der Waals surface area contributed by atoms with Crippen LogP contribution in [0.5, 0.6) is 0 Å². The van der Waals surface area contributed by atoms with Gasteiger partial charge >= 0.3 is 0 Å². The lowest BCUT2D eigenvalue weighted by atomic mass is 10.0. The average molecular weight is 394 g/mol. The highest BCUT2D eigenvalue weighted by atomic mass is 32.2. The molecule has 3 nitrogen and oxygen atoms in total. The van der Waals surface area contributed by atoms with Gasteiger partial charge in [-0.3, -0.25) is 9.19 Å². The number of hydrogen-bond donors (Lipinski definition) is 1. The Balaban J connectivity index is 1.86. The second kappa shape index (κ2) is 7.48. The molecule has 0 saturated carbocycles. The van der Waals surface area contributed by atoms with Crippen LogP contribution in [-0.4, -0.2) is 20.4 Å². The molecular weight excluding hydrogens is 378 g/mol. The van der Waals surface area contributed by atoms with Crippen molar-refractivity contribution in [3.05, 3.63) is 84.7 Å². The minimum Gasteiger partial charge on any atom is -0.354 e. The lowest BCUT2D eigenvalue weighted by Gasteiger charge is -2.05. The molecule has 2 aromatic heterocycles. The van der Waals surface area contributed by atoms with Crippen molar-refractivity contribution in [2.24, 2.45) is 0 Å². The van der Waals surface area contributed by atoms with Crippen molar-refractivity contribution in [3.63, 3.8) is 0 Å². The van der Waals surface area contributed by atoms with E-state index in [9.17, 15) is 13.0 Å². The van der Waals surface area contributed by atoms with Crippen molar-refractivity contribution in [3.8, 4) is 33.6 Å². The van der Waals surface area contributed by atoms with Gasteiger partial charge in [-0.15, -0.1) is 0 Å². The molecule has 0 aliphatic heterocycles. The van der Waals surface area contributed by atoms with Crippen molar-refractivity contribution in [2.45, 2.75) is 4.90 Å². The molecule has 0 aliphatic rings. The van der Waals surface area contributed by atoms with Gasteiger partial charge in [0.2, 0.25) is 0 Å². The fourth-order valence-corrected chi connectivity index (χ4v) is 3.59. The van der Waals surface area contributed by atoms with Crippen LogP contribution in [0.1, 0.15) is 0 Å². The van der Waals surface area contributed by atoms with Crippen molar-refractivity contribution >= 4 is 10.8 Å². The van der Waals surface area contributed by atoms with Gasteiger partial charge in [-0.05, 0) is 53.6 Å². The maximum Gasteiger partial charge on any atom is 0.159 e. The van der Waals surface area contributed by atoms with E-state index in [2.05, 4.69) is 9.97 Å². The molecule has 0 aliphatic carbocycles. The Morgan fingerprint density at radius 2 is 1.50 bits per heavy atom. The minimum atomic E-state index is -1.05. The first-order valence-corrected chi connectivity index (χ1v) is 10.1. The van der Waals surface area contributed by atoms with Gasteiger partial charge in [0, 0.05) is 51.2 Å². The van der Waals surface area contributed by atoms with Crippen LogP contribution in [0.2, 0.25) is 0 Å². The normalized spacial score (nSPS) is 12.1. The number of nitrogens with zero attached hydrogens (tertiary/aromatic N) is 1. The lowest BCUT2D eigenvalue weighted by Crippen LogP contribution is -1.87. The van der Waals surface area contributed by atoms with Gasteiger partial charge in [0.15, 0.2) is 11.6 Å². The van der Waals surface area contributed by atoms with Crippen LogP contribution in [-0.2, 0) is 10.8 Å². The smallest absolute Gasteiger partial charge is 0.159 e. The number of pyridine rings is 1. The van der Waals surface area contributed by atoms with Gasteiger partial charge in [0.1, 0.15) is 0 Å². The third-order valence-electron chi connectivity index (χ3n) is 4.51. The third-order valence-corrected chi connectivity index (χ3v) is 5.45. The van der Waals surface area contributed by atoms with Gasteiger partial charge in [0.25, 0.3) is 0 Å². The van der Waals surface area contributed by atoms with Crippen molar-refractivity contribution in [2.75, 3.05) is 6.26 Å². The van der Waals surface area contributed by atoms with Crippen molar-refractivity contribution < 1.29 is 13.0 Å². The van der Waals surface area contributed by atoms with E-state index in [1.807, 2.05) is 42.5 Å². The molecule has 0 amide bonds. The van der Waals surface area contributed by atoms with Crippen LogP contribution < -0.4 is 0 Å². The fraction of sp³-hybridized carbons (Fsp3) is 0.0455. The number of rotatable bonds is 4. The maximum absolute atomic E-state index is 13.8. The molecule has 6 heteroatoms. The molecule has 0 radical (unpaired) electrons. The van der Waals surface area contributed by atoms with Crippen LogP contribution in [0.15, 0.2) is 78.0 Å². The molecule has 4 rings (SSSR count). The monoisotopic (exact) mass is 394 g/mol. The lowest BCUT2D eigenvalue weighted by molar-refractivity contribution is 0.509. The summed E-state index contributed by atoms with van der Waals surface area (Å²) in [4.78, 5) is 8.15. The Morgan fingerprint density at radius 3 is 2.14 bits per heavy atom. The largest absolute Gasteiger partial charge is 0.354 e. The molecule has 0 spiro atoms. The number of halogens is 2. The van der Waals surface area contributed by atoms with Crippen LogP contribution in [0.3, 0.4) is 0 Å². The molecule has 2 aromatic carbocycles. The zero-order valence-corrected chi connectivity index (χ0v) is 15.8. The average Bonchev–Trinajstić information content (AvgIpc) is 3.16. The first kappa shape index (κ1) is 18.3. The topological polar surface area (TPSA) is 45.8 Å². The number of H-pyrrole nitrogens is 1. The van der Waals surface area contributed by atoms with Gasteiger partial charge < -0.3 is 4.98 Å². The number of aromatic nitrogens is 2. The van der Waals surface area contributed by atoms with Crippen molar-refractivity contribution in [1.29, 1.82) is 0 Å². The zero-order valence-electron chi connectivity index (χ0n) is 14.9. The summed E-state index contributed by atoms with van der Waals surface area (Å²) in [6, 6.07) is 16.9. The van der Waals surface area contributed by atoms with E-state index >= 15 is 0 Å². The Hall–Kier alpha value is -3.12. The standard InChI is InChI=1S/C22H16F2N2OS/c1-28(27)17-5-2-14(3-6-17)21-13-18(16-4-7-19(23)20(24)12-16)22(26-21)15-8-10-25-11-9-15/h2-13,26H,1H3. The second-order valence-electron chi connectivity index (χ2n) is 6.31. The predicted molar refractivity (Wildman–Crippen MR) is 107 cm³/mol. The molecule has 1 N–H and O–H groups in total. The summed E-state index contributed by atoms with van der Waals surface area (Å²) >= 11 is 0. The molecule has 0 fully saturated rings. The summed E-state index contributed by atoms with van der Waals surface area (Å²) < 4.78 is 38.8. The summed E-state index contributed by atoms with van der Waals surface area (Å²) in [6.07, 6.45) is 4.98. The molecule has 28 heavy (non-hydrogen) atoms. The molecular formula is C22H16F2N2OS. The Labute approximate surface area is 163 Å². The molecule has 0 bridgehead atoms. The minimum absolute atomic E-state index is 0.569. The summed E-state index contributed by atoms with van der Waals surface area (Å²) in [6.45, 7) is 0. The third kappa shape index (κ3) is 3.51. The molecule has 4 aromatic rings. The highest BCUT2D eigenvalue weighted by molar-refractivity contribution is 7.84. The van der Waals surface area contributed by atoms with Gasteiger partial charge in [0.05, 0.1) is 5.69 Å². The number of benzene rings is 2. The number of hydrogen-bond acceptors (Lipinski definition) is 2. The first-order valence-electron chi connectivity index (χ1n) is 8.55. The molecule has 0 saturated heterocycles. The van der Waals surface area contributed by atoms with E-state index in [1.165, 1.54) is 6.07 Å². The molecule has 2 heterocycles. The molecule has 1 unspecified atom stereocenters. The zero-order chi connectivity index (χ0) is 19.7. The van der Waals surface area contributed by atoms with Crippen molar-refractivity contribution in [1.82, 2.24) is 9.97 Å². The van der Waals surface area contributed by atoms with Gasteiger partial charge in [-0.25, -0.2) is 8.78 Å². The van der Waals surface area contributed by atoms with E-state index < -0.39 is 22.4 Å². The summed E-state index contributed by atoms with van der Waals surface area (Å²) in [5.74, 6) is -1.77. The number of nitrogens with one attached hydrogen (secondary N) is 1. The summed E-state index contributed by atoms with van der Waals surface area (Å²) in [7, 11) is -1.05. The Bertz CT molecular complexity index is 1160. The van der Waals surface area contributed by atoms with Gasteiger partial charge in [-0.2, -0.15) is 0 Å². The van der Waals surface area contributed by atoms with E-state index in [0.717, 1.165) is 39.0 Å². The van der Waals surface area contributed by atoms with E-state index in [-0.39, 0.29) is 0 Å². The van der Waals surface area contributed by atoms with Crippen LogP contribution in [0, 0.1) is 11.6 Å². The SMILES string of the molecule is CS(=O)c1ccc(-c2cc(-c3ccc(F)c(F)c3)c(-c3ccncc3)[nH]2)cc1. The quantitative estimate of drug-likeness (QED) is 0.502. The van der Waals surface area contributed by atoms with Gasteiger partial charge in [-0.1, -0.05) is 18.2 Å². The fourth-order valence-electron chi connectivity index (χ4n) is 3.07. The van der Waals surface area contributed by atoms with Crippen LogP contribution in [0.4, 0.5) is 8.78 Å². The van der Waals surface area contributed by atoms with E-state index in [0.29, 0.717) is 5.56 Å². The van der Waals surface area contributed by atoms with Crippen LogP contribution >= 0.6 is 0 Å². The molecule has 1 atom stereocenters. The van der Waals surface area contributed by atoms with Crippen LogP contribution in [0.25, 0.3) is 33.6 Å². The van der Waals surface area contributed by atoms with E-state index in [4.69, 9.17) is 0 Å². The first-order chi connectivity index (χ1) is 13.5. The second-order valence-corrected chi connectivity index (χ2v) is 7.69. The predicted octanol–water partition coefficient (Wildman–Crippen LogP) is 5.43. The highest BCUT2D eigenvalue weighted by Crippen LogP contribution is 2.36. The summed E-state index contributed by atoms with van der Waals surface area (Å²) in [5.41, 5.74) is 4.71. The van der Waals surface area contributed by atoms with E-state index in [1.54, 1.807) is 24.7 Å². The summed E-state index contributed by atoms with van der Waals surface area (Å²) in [5, 5.41) is 0. The maximum atomic E-state index is 13.8. The highest BCUT2D eigenvalue weighted by Gasteiger charge is 2.15. The number of aromatic amines is 1.